The predicted molar refractivity (Wildman–Crippen MR) is 63.0 cm³/mol. The molecule has 0 rings (SSSR count). The van der Waals surface area contributed by atoms with Crippen molar-refractivity contribution in [2.45, 2.75) is 20.3 Å². The Labute approximate surface area is 90.6 Å². The number of aliphatic imine (C=N–C) groups is 1. The van der Waals surface area contributed by atoms with Crippen molar-refractivity contribution in [2.75, 3.05) is 13.6 Å². The fourth-order valence-corrected chi connectivity index (χ4v) is 0.728. The Morgan fingerprint density at radius 2 is 1.87 bits per heavy atom. The predicted octanol–water partition coefficient (Wildman–Crippen LogP) is -0.735. The first kappa shape index (κ1) is 15.7. The molecular formula is C9H21N5O. The number of rotatable bonds is 5. The standard InChI is InChI=1S/C7H15N5O.C2H6/c1-11-5(6(8)13)3-2-4-12-7(9)10;1-2/h3,11H,2,4H2,1H3,(H2,8,13)(H4,9,10,12);1-2H3/b5-3+;. The Kier molecular flexibility index (Phi) is 10.9. The SMILES string of the molecule is CC.CN/C(=C/CCN=C(N)N)C(N)=O. The topological polar surface area (TPSA) is 120 Å². The van der Waals surface area contributed by atoms with E-state index in [1.807, 2.05) is 13.8 Å². The maximum absolute atomic E-state index is 10.7. The fraction of sp³-hybridized carbons (Fsp3) is 0.556. The second-order valence-electron chi connectivity index (χ2n) is 2.33. The molecule has 0 radical (unpaired) electrons. The average Bonchev–Trinajstić information content (AvgIpc) is 2.20. The molecule has 0 aliphatic carbocycles. The lowest BCUT2D eigenvalue weighted by molar-refractivity contribution is -0.114. The van der Waals surface area contributed by atoms with Gasteiger partial charge in [-0.25, -0.2) is 0 Å². The molecule has 0 aliphatic rings. The van der Waals surface area contributed by atoms with Gasteiger partial charge in [0.1, 0.15) is 0 Å². The second-order valence-corrected chi connectivity index (χ2v) is 2.33. The van der Waals surface area contributed by atoms with Crippen molar-refractivity contribution in [3.8, 4) is 0 Å². The number of likely N-dealkylation sites (N-methyl/N-ethyl adjacent to an activating group) is 1. The van der Waals surface area contributed by atoms with Crippen LogP contribution in [0.4, 0.5) is 0 Å². The van der Waals surface area contributed by atoms with E-state index in [2.05, 4.69) is 10.3 Å². The molecule has 7 N–H and O–H groups in total. The van der Waals surface area contributed by atoms with E-state index in [0.29, 0.717) is 18.7 Å². The lowest BCUT2D eigenvalue weighted by Gasteiger charge is -2.00. The smallest absolute Gasteiger partial charge is 0.264 e. The highest BCUT2D eigenvalue weighted by Crippen LogP contribution is 1.91. The molecule has 0 spiro atoms. The van der Waals surface area contributed by atoms with E-state index >= 15 is 0 Å². The molecule has 0 saturated heterocycles. The highest BCUT2D eigenvalue weighted by atomic mass is 16.1. The van der Waals surface area contributed by atoms with E-state index in [9.17, 15) is 4.79 Å². The van der Waals surface area contributed by atoms with Gasteiger partial charge in [0.2, 0.25) is 0 Å². The summed E-state index contributed by atoms with van der Waals surface area (Å²) in [4.78, 5) is 14.4. The minimum absolute atomic E-state index is 0.0403. The van der Waals surface area contributed by atoms with Crippen LogP contribution in [-0.4, -0.2) is 25.5 Å². The molecule has 0 aliphatic heterocycles. The third-order valence-corrected chi connectivity index (χ3v) is 1.31. The Morgan fingerprint density at radius 3 is 2.20 bits per heavy atom. The van der Waals surface area contributed by atoms with Gasteiger partial charge in [-0.05, 0) is 6.42 Å². The molecule has 0 aromatic rings. The third kappa shape index (κ3) is 10.2. The highest BCUT2D eigenvalue weighted by molar-refractivity contribution is 5.91. The van der Waals surface area contributed by atoms with Gasteiger partial charge >= 0.3 is 0 Å². The summed E-state index contributed by atoms with van der Waals surface area (Å²) < 4.78 is 0. The Balaban J connectivity index is 0. The summed E-state index contributed by atoms with van der Waals surface area (Å²) in [5.41, 5.74) is 15.6. The van der Waals surface area contributed by atoms with Crippen LogP contribution in [-0.2, 0) is 4.79 Å². The number of nitrogens with two attached hydrogens (primary N) is 3. The molecule has 0 fully saturated rings. The van der Waals surface area contributed by atoms with Gasteiger partial charge in [0.05, 0.1) is 5.70 Å². The first-order valence-corrected chi connectivity index (χ1v) is 4.81. The van der Waals surface area contributed by atoms with Crippen LogP contribution in [0.15, 0.2) is 16.8 Å². The van der Waals surface area contributed by atoms with E-state index in [4.69, 9.17) is 17.2 Å². The molecule has 6 heteroatoms. The minimum atomic E-state index is -0.493. The number of carbonyl (C=O) groups is 1. The monoisotopic (exact) mass is 215 g/mol. The van der Waals surface area contributed by atoms with Gasteiger partial charge in [-0.2, -0.15) is 0 Å². The summed E-state index contributed by atoms with van der Waals surface area (Å²) in [5.74, 6) is -0.453. The molecule has 0 heterocycles. The molecule has 0 unspecified atom stereocenters. The van der Waals surface area contributed by atoms with Crippen molar-refractivity contribution in [3.05, 3.63) is 11.8 Å². The van der Waals surface area contributed by atoms with Crippen LogP contribution in [0.3, 0.4) is 0 Å². The number of amides is 1. The molecular weight excluding hydrogens is 194 g/mol. The Morgan fingerprint density at radius 1 is 1.33 bits per heavy atom. The first-order valence-electron chi connectivity index (χ1n) is 4.81. The van der Waals surface area contributed by atoms with E-state index in [0.717, 1.165) is 0 Å². The van der Waals surface area contributed by atoms with E-state index in [1.54, 1.807) is 13.1 Å². The minimum Gasteiger partial charge on any atom is -0.384 e. The number of nitrogens with one attached hydrogen (secondary N) is 1. The molecule has 0 atom stereocenters. The van der Waals surface area contributed by atoms with E-state index in [1.165, 1.54) is 0 Å². The molecule has 88 valence electrons. The van der Waals surface area contributed by atoms with Crippen LogP contribution in [0.5, 0.6) is 0 Å². The number of guanidine groups is 1. The summed E-state index contributed by atoms with van der Waals surface area (Å²) in [7, 11) is 1.62. The largest absolute Gasteiger partial charge is 0.384 e. The fourth-order valence-electron chi connectivity index (χ4n) is 0.728. The van der Waals surface area contributed by atoms with E-state index < -0.39 is 5.91 Å². The zero-order valence-corrected chi connectivity index (χ0v) is 9.58. The summed E-state index contributed by atoms with van der Waals surface area (Å²) in [5, 5.41) is 2.67. The normalized spacial score (nSPS) is 9.67. The number of hydrogen-bond donors (Lipinski definition) is 4. The highest BCUT2D eigenvalue weighted by Gasteiger charge is 1.98. The summed E-state index contributed by atoms with van der Waals surface area (Å²) >= 11 is 0. The van der Waals surface area contributed by atoms with Crippen LogP contribution >= 0.6 is 0 Å². The van der Waals surface area contributed by atoms with Gasteiger partial charge in [0.25, 0.3) is 5.91 Å². The lowest BCUT2D eigenvalue weighted by atomic mass is 10.3. The van der Waals surface area contributed by atoms with Gasteiger partial charge in [0, 0.05) is 13.6 Å². The van der Waals surface area contributed by atoms with Crippen LogP contribution in [0.2, 0.25) is 0 Å². The van der Waals surface area contributed by atoms with E-state index in [-0.39, 0.29) is 5.96 Å². The summed E-state index contributed by atoms with van der Waals surface area (Å²) in [6.45, 7) is 4.45. The first-order chi connectivity index (χ1) is 7.07. The third-order valence-electron chi connectivity index (χ3n) is 1.31. The van der Waals surface area contributed by atoms with Gasteiger partial charge < -0.3 is 22.5 Å². The zero-order valence-electron chi connectivity index (χ0n) is 9.58. The van der Waals surface area contributed by atoms with Crippen LogP contribution < -0.4 is 22.5 Å². The molecule has 0 bridgehead atoms. The number of primary amides is 1. The number of hydrogen-bond acceptors (Lipinski definition) is 3. The van der Waals surface area contributed by atoms with Crippen molar-refractivity contribution >= 4 is 11.9 Å². The molecule has 6 nitrogen and oxygen atoms in total. The lowest BCUT2D eigenvalue weighted by Crippen LogP contribution is -2.24. The number of nitrogens with zero attached hydrogens (tertiary/aromatic N) is 1. The number of carbonyl (C=O) groups excluding carboxylic acids is 1. The van der Waals surface area contributed by atoms with Crippen LogP contribution in [0.1, 0.15) is 20.3 Å². The van der Waals surface area contributed by atoms with Gasteiger partial charge in [-0.1, -0.05) is 19.9 Å². The quantitative estimate of drug-likeness (QED) is 0.209. The molecule has 1 amide bonds. The second kappa shape index (κ2) is 10.4. The Hall–Kier alpha value is -1.72. The van der Waals surface area contributed by atoms with Crippen molar-refractivity contribution in [1.82, 2.24) is 5.32 Å². The van der Waals surface area contributed by atoms with Gasteiger partial charge in [-0.3, -0.25) is 9.79 Å². The molecule has 15 heavy (non-hydrogen) atoms. The van der Waals surface area contributed by atoms with Gasteiger partial charge in [-0.15, -0.1) is 0 Å². The van der Waals surface area contributed by atoms with Crippen LogP contribution in [0, 0.1) is 0 Å². The Bertz CT molecular complexity index is 231. The van der Waals surface area contributed by atoms with Crippen molar-refractivity contribution in [2.24, 2.45) is 22.2 Å². The summed E-state index contributed by atoms with van der Waals surface area (Å²) in [6.07, 6.45) is 2.21. The van der Waals surface area contributed by atoms with Crippen molar-refractivity contribution in [3.63, 3.8) is 0 Å². The van der Waals surface area contributed by atoms with Crippen molar-refractivity contribution in [1.29, 1.82) is 0 Å². The molecule has 0 aromatic heterocycles. The molecule has 0 aromatic carbocycles. The average molecular weight is 215 g/mol. The zero-order chi connectivity index (χ0) is 12.3. The maximum atomic E-state index is 10.7. The maximum Gasteiger partial charge on any atom is 0.264 e. The molecule has 0 saturated carbocycles. The van der Waals surface area contributed by atoms with Gasteiger partial charge in [0.15, 0.2) is 5.96 Å². The summed E-state index contributed by atoms with van der Waals surface area (Å²) in [6, 6.07) is 0. The van der Waals surface area contributed by atoms with Crippen LogP contribution in [0.25, 0.3) is 0 Å². The van der Waals surface area contributed by atoms with Crippen molar-refractivity contribution < 1.29 is 4.79 Å².